The highest BCUT2D eigenvalue weighted by atomic mass is 16.1. The first-order chi connectivity index (χ1) is 12.1. The number of hydrogen-bond donors (Lipinski definition) is 1. The van der Waals surface area contributed by atoms with Crippen LogP contribution < -0.4 is 5.32 Å². The van der Waals surface area contributed by atoms with Gasteiger partial charge in [0.15, 0.2) is 0 Å². The third-order valence-electron chi connectivity index (χ3n) is 4.37. The smallest absolute Gasteiger partial charge is 0.251 e. The van der Waals surface area contributed by atoms with Crippen molar-refractivity contribution in [1.29, 1.82) is 0 Å². The van der Waals surface area contributed by atoms with Gasteiger partial charge < -0.3 is 5.32 Å². The van der Waals surface area contributed by atoms with Crippen molar-refractivity contribution in [3.63, 3.8) is 0 Å². The summed E-state index contributed by atoms with van der Waals surface area (Å²) in [5, 5.41) is 11.7. The van der Waals surface area contributed by atoms with Crippen LogP contribution in [0.15, 0.2) is 42.7 Å². The highest BCUT2D eigenvalue weighted by Gasteiger charge is 2.11. The van der Waals surface area contributed by atoms with Gasteiger partial charge in [0.2, 0.25) is 0 Å². The lowest BCUT2D eigenvalue weighted by Crippen LogP contribution is -2.26. The summed E-state index contributed by atoms with van der Waals surface area (Å²) in [6.07, 6.45) is 4.35. The summed E-state index contributed by atoms with van der Waals surface area (Å²) in [4.78, 5) is 12.4. The fraction of sp³-hybridized carbons (Fsp3) is 0.316. The number of benzene rings is 1. The Kier molecular flexibility index (Phi) is 4.97. The molecule has 6 nitrogen and oxygen atoms in total. The number of amides is 1. The lowest BCUT2D eigenvalue weighted by atomic mass is 10.1. The first-order valence-electron chi connectivity index (χ1n) is 8.51. The van der Waals surface area contributed by atoms with Crippen molar-refractivity contribution >= 4 is 5.91 Å². The van der Waals surface area contributed by atoms with Crippen molar-refractivity contribution in [3.05, 3.63) is 65.2 Å². The molecule has 2 aromatic heterocycles. The van der Waals surface area contributed by atoms with Crippen LogP contribution in [-0.4, -0.2) is 32.0 Å². The van der Waals surface area contributed by atoms with E-state index in [1.165, 1.54) is 11.3 Å². The Bertz CT molecular complexity index is 864. The van der Waals surface area contributed by atoms with Crippen LogP contribution in [0.4, 0.5) is 0 Å². The van der Waals surface area contributed by atoms with Gasteiger partial charge in [-0.15, -0.1) is 0 Å². The van der Waals surface area contributed by atoms with Crippen LogP contribution in [0.25, 0.3) is 5.69 Å². The second kappa shape index (κ2) is 7.34. The average Bonchev–Trinajstić information content (AvgIpc) is 3.25. The van der Waals surface area contributed by atoms with Crippen LogP contribution in [0.1, 0.15) is 34.2 Å². The van der Waals surface area contributed by atoms with Crippen molar-refractivity contribution < 1.29 is 4.79 Å². The minimum absolute atomic E-state index is 0.0767. The Morgan fingerprint density at radius 3 is 2.76 bits per heavy atom. The zero-order chi connectivity index (χ0) is 17.8. The molecule has 0 saturated heterocycles. The molecular formula is C19H23N5O. The van der Waals surface area contributed by atoms with E-state index in [0.717, 1.165) is 24.3 Å². The highest BCUT2D eigenvalue weighted by molar-refractivity contribution is 5.94. The average molecular weight is 337 g/mol. The molecule has 0 aliphatic rings. The van der Waals surface area contributed by atoms with Gasteiger partial charge in [0.1, 0.15) is 0 Å². The molecule has 0 atom stereocenters. The van der Waals surface area contributed by atoms with Gasteiger partial charge in [0.05, 0.1) is 11.4 Å². The molecule has 0 aliphatic carbocycles. The minimum Gasteiger partial charge on any atom is -0.352 e. The fourth-order valence-corrected chi connectivity index (χ4v) is 3.02. The maximum Gasteiger partial charge on any atom is 0.251 e. The van der Waals surface area contributed by atoms with Crippen LogP contribution >= 0.6 is 0 Å². The summed E-state index contributed by atoms with van der Waals surface area (Å²) >= 11 is 0. The standard InChI is InChI=1S/C19H23N5O/c1-4-23-15(3)18(14(2)22-23)9-11-20-19(25)16-7-5-8-17(13-16)24-12-6-10-21-24/h5-8,10,12-13H,4,9,11H2,1-3H3,(H,20,25). The quantitative estimate of drug-likeness (QED) is 0.752. The van der Waals surface area contributed by atoms with E-state index in [0.29, 0.717) is 12.1 Å². The molecule has 0 radical (unpaired) electrons. The maximum atomic E-state index is 12.4. The predicted octanol–water partition coefficient (Wildman–Crippen LogP) is 2.68. The van der Waals surface area contributed by atoms with E-state index < -0.39 is 0 Å². The third kappa shape index (κ3) is 3.63. The van der Waals surface area contributed by atoms with E-state index >= 15 is 0 Å². The van der Waals surface area contributed by atoms with Gasteiger partial charge in [-0.2, -0.15) is 10.2 Å². The molecule has 25 heavy (non-hydrogen) atoms. The summed E-state index contributed by atoms with van der Waals surface area (Å²) in [5.74, 6) is -0.0767. The maximum absolute atomic E-state index is 12.4. The molecule has 130 valence electrons. The summed E-state index contributed by atoms with van der Waals surface area (Å²) in [7, 11) is 0. The van der Waals surface area contributed by atoms with Gasteiger partial charge in [-0.25, -0.2) is 4.68 Å². The number of carbonyl (C=O) groups is 1. The Balaban J connectivity index is 1.64. The number of rotatable bonds is 6. The Morgan fingerprint density at radius 1 is 1.24 bits per heavy atom. The number of carbonyl (C=O) groups excluding carboxylic acids is 1. The predicted molar refractivity (Wildman–Crippen MR) is 97.0 cm³/mol. The van der Waals surface area contributed by atoms with Crippen molar-refractivity contribution in [2.75, 3.05) is 6.54 Å². The monoisotopic (exact) mass is 337 g/mol. The molecule has 0 unspecified atom stereocenters. The van der Waals surface area contributed by atoms with E-state index in [1.807, 2.05) is 48.1 Å². The first-order valence-corrected chi connectivity index (χ1v) is 8.51. The molecule has 1 aromatic carbocycles. The van der Waals surface area contributed by atoms with Crippen LogP contribution in [0.3, 0.4) is 0 Å². The van der Waals surface area contributed by atoms with Crippen molar-refractivity contribution in [3.8, 4) is 5.69 Å². The molecule has 0 fully saturated rings. The topological polar surface area (TPSA) is 64.7 Å². The van der Waals surface area contributed by atoms with Crippen LogP contribution in [-0.2, 0) is 13.0 Å². The third-order valence-corrected chi connectivity index (χ3v) is 4.37. The Morgan fingerprint density at radius 2 is 2.08 bits per heavy atom. The molecule has 0 bridgehead atoms. The Hall–Kier alpha value is -2.89. The number of nitrogens with zero attached hydrogens (tertiary/aromatic N) is 4. The zero-order valence-corrected chi connectivity index (χ0v) is 14.9. The zero-order valence-electron chi connectivity index (χ0n) is 14.9. The van der Waals surface area contributed by atoms with Crippen LogP contribution in [0.2, 0.25) is 0 Å². The molecule has 0 saturated carbocycles. The highest BCUT2D eigenvalue weighted by Crippen LogP contribution is 2.14. The SMILES string of the molecule is CCn1nc(C)c(CCNC(=O)c2cccc(-n3cccn3)c2)c1C. The summed E-state index contributed by atoms with van der Waals surface area (Å²) in [6, 6.07) is 9.30. The second-order valence-electron chi connectivity index (χ2n) is 5.97. The van der Waals surface area contributed by atoms with E-state index in [-0.39, 0.29) is 5.91 Å². The van der Waals surface area contributed by atoms with Crippen LogP contribution in [0.5, 0.6) is 0 Å². The van der Waals surface area contributed by atoms with Crippen molar-refractivity contribution in [1.82, 2.24) is 24.9 Å². The first kappa shape index (κ1) is 17.0. The van der Waals surface area contributed by atoms with Crippen LogP contribution in [0, 0.1) is 13.8 Å². The lowest BCUT2D eigenvalue weighted by Gasteiger charge is -2.08. The molecule has 1 N–H and O–H groups in total. The molecule has 0 aliphatic heterocycles. The lowest BCUT2D eigenvalue weighted by molar-refractivity contribution is 0.0954. The van der Waals surface area contributed by atoms with Gasteiger partial charge >= 0.3 is 0 Å². The molecule has 2 heterocycles. The molecular weight excluding hydrogens is 314 g/mol. The molecule has 3 rings (SSSR count). The van der Waals surface area contributed by atoms with Gasteiger partial charge in [-0.1, -0.05) is 6.07 Å². The minimum atomic E-state index is -0.0767. The fourth-order valence-electron chi connectivity index (χ4n) is 3.02. The Labute approximate surface area is 147 Å². The number of aryl methyl sites for hydroxylation is 2. The molecule has 3 aromatic rings. The number of nitrogens with one attached hydrogen (secondary N) is 1. The molecule has 1 amide bonds. The normalized spacial score (nSPS) is 10.8. The largest absolute Gasteiger partial charge is 0.352 e. The number of aromatic nitrogens is 4. The number of hydrogen-bond acceptors (Lipinski definition) is 3. The van der Waals surface area contributed by atoms with Crippen molar-refractivity contribution in [2.24, 2.45) is 0 Å². The van der Waals surface area contributed by atoms with E-state index in [1.54, 1.807) is 10.9 Å². The summed E-state index contributed by atoms with van der Waals surface area (Å²) < 4.78 is 3.74. The molecule has 0 spiro atoms. The summed E-state index contributed by atoms with van der Waals surface area (Å²) in [6.45, 7) is 7.62. The van der Waals surface area contributed by atoms with E-state index in [9.17, 15) is 4.79 Å². The van der Waals surface area contributed by atoms with E-state index in [2.05, 4.69) is 29.4 Å². The van der Waals surface area contributed by atoms with E-state index in [4.69, 9.17) is 0 Å². The summed E-state index contributed by atoms with van der Waals surface area (Å²) in [5.41, 5.74) is 4.93. The molecule has 6 heteroatoms. The second-order valence-corrected chi connectivity index (χ2v) is 5.97. The van der Waals surface area contributed by atoms with Gasteiger partial charge in [-0.05, 0) is 57.0 Å². The van der Waals surface area contributed by atoms with Gasteiger partial charge in [0, 0.05) is 36.7 Å². The van der Waals surface area contributed by atoms with Gasteiger partial charge in [0.25, 0.3) is 5.91 Å². The van der Waals surface area contributed by atoms with Gasteiger partial charge in [-0.3, -0.25) is 9.48 Å². The van der Waals surface area contributed by atoms with Crippen molar-refractivity contribution in [2.45, 2.75) is 33.7 Å².